The number of ether oxygens (including phenoxy) is 1. The number of hydrogen-bond donors (Lipinski definition) is 2. The van der Waals surface area contributed by atoms with Crippen molar-refractivity contribution in [2.24, 2.45) is 0 Å². The molecule has 3 heterocycles. The number of aromatic nitrogens is 2. The molecule has 1 amide bonds. The summed E-state index contributed by atoms with van der Waals surface area (Å²) in [7, 11) is 0. The highest BCUT2D eigenvalue weighted by Crippen LogP contribution is 2.32. The van der Waals surface area contributed by atoms with Crippen molar-refractivity contribution in [2.45, 2.75) is 25.0 Å². The zero-order valence-corrected chi connectivity index (χ0v) is 12.8. The summed E-state index contributed by atoms with van der Waals surface area (Å²) in [6.45, 7) is 6.92. The van der Waals surface area contributed by atoms with Gasteiger partial charge in [0, 0.05) is 25.0 Å². The highest BCUT2D eigenvalue weighted by atomic mass is 16.5. The van der Waals surface area contributed by atoms with Gasteiger partial charge in [-0.15, -0.1) is 0 Å². The molecule has 1 aromatic carbocycles. The fraction of sp³-hybridized carbons (Fsp3) is 0.500. The summed E-state index contributed by atoms with van der Waals surface area (Å²) in [6, 6.07) is 5.71. The predicted octanol–water partition coefficient (Wildman–Crippen LogP) is 1.16. The first-order valence-electron chi connectivity index (χ1n) is 7.60. The van der Waals surface area contributed by atoms with Crippen molar-refractivity contribution in [3.8, 4) is 0 Å². The number of benzene rings is 1. The Morgan fingerprint density at radius 2 is 2.14 bits per heavy atom. The van der Waals surface area contributed by atoms with Gasteiger partial charge in [0.2, 0.25) is 0 Å². The number of carbonyl (C=O) groups excluding carboxylic acids is 1. The summed E-state index contributed by atoms with van der Waals surface area (Å²) in [5, 5.41) is 11.2. The van der Waals surface area contributed by atoms with Crippen molar-refractivity contribution in [1.82, 2.24) is 20.4 Å². The number of nitrogens with zero attached hydrogens (tertiary/aromatic N) is 2. The van der Waals surface area contributed by atoms with Gasteiger partial charge in [0.1, 0.15) is 5.60 Å². The van der Waals surface area contributed by atoms with Crippen molar-refractivity contribution in [2.75, 3.05) is 26.2 Å². The van der Waals surface area contributed by atoms with Crippen LogP contribution in [-0.2, 0) is 4.74 Å². The third-order valence-electron chi connectivity index (χ3n) is 4.43. The Morgan fingerprint density at radius 1 is 1.32 bits per heavy atom. The molecule has 2 aromatic rings. The molecule has 2 aliphatic rings. The fourth-order valence-corrected chi connectivity index (χ4v) is 3.56. The first-order chi connectivity index (χ1) is 10.5. The van der Waals surface area contributed by atoms with E-state index < -0.39 is 0 Å². The van der Waals surface area contributed by atoms with E-state index in [2.05, 4.69) is 15.5 Å². The van der Waals surface area contributed by atoms with Crippen molar-refractivity contribution >= 4 is 16.8 Å². The summed E-state index contributed by atoms with van der Waals surface area (Å²) < 4.78 is 6.21. The maximum atomic E-state index is 13.0. The molecule has 2 aliphatic heterocycles. The monoisotopic (exact) mass is 300 g/mol. The third kappa shape index (κ3) is 2.10. The molecule has 22 heavy (non-hydrogen) atoms. The normalized spacial score (nSPS) is 22.7. The average Bonchev–Trinajstić information content (AvgIpc) is 2.91. The van der Waals surface area contributed by atoms with Gasteiger partial charge < -0.3 is 15.0 Å². The number of nitrogens with one attached hydrogen (secondary N) is 2. The Labute approximate surface area is 128 Å². The first-order valence-corrected chi connectivity index (χ1v) is 7.60. The van der Waals surface area contributed by atoms with E-state index in [4.69, 9.17) is 4.74 Å². The molecule has 6 nitrogen and oxygen atoms in total. The molecule has 0 atom stereocenters. The minimum Gasteiger partial charge on any atom is -0.363 e. The molecule has 6 heteroatoms. The van der Waals surface area contributed by atoms with Crippen LogP contribution in [0, 0.1) is 0 Å². The fourth-order valence-electron chi connectivity index (χ4n) is 3.56. The van der Waals surface area contributed by atoms with Crippen molar-refractivity contribution in [3.63, 3.8) is 0 Å². The lowest BCUT2D eigenvalue weighted by Crippen LogP contribution is -2.73. The number of carbonyl (C=O) groups is 1. The van der Waals surface area contributed by atoms with Gasteiger partial charge in [-0.05, 0) is 19.9 Å². The maximum Gasteiger partial charge on any atom is 0.256 e. The van der Waals surface area contributed by atoms with Gasteiger partial charge in [-0.3, -0.25) is 9.89 Å². The van der Waals surface area contributed by atoms with Gasteiger partial charge in [-0.25, -0.2) is 0 Å². The van der Waals surface area contributed by atoms with E-state index in [1.807, 2.05) is 36.9 Å². The topological polar surface area (TPSA) is 70.2 Å². The molecule has 0 unspecified atom stereocenters. The minimum absolute atomic E-state index is 0.0394. The Kier molecular flexibility index (Phi) is 2.83. The molecule has 0 radical (unpaired) electrons. The van der Waals surface area contributed by atoms with Crippen LogP contribution in [-0.4, -0.2) is 58.4 Å². The Morgan fingerprint density at radius 3 is 2.86 bits per heavy atom. The third-order valence-corrected chi connectivity index (χ3v) is 4.43. The van der Waals surface area contributed by atoms with Crippen LogP contribution < -0.4 is 5.32 Å². The van der Waals surface area contributed by atoms with Gasteiger partial charge in [0.15, 0.2) is 0 Å². The van der Waals surface area contributed by atoms with E-state index in [0.717, 1.165) is 24.0 Å². The van der Waals surface area contributed by atoms with E-state index in [1.165, 1.54) is 0 Å². The molecule has 1 spiro atoms. The van der Waals surface area contributed by atoms with Crippen LogP contribution in [0.4, 0.5) is 0 Å². The van der Waals surface area contributed by atoms with Crippen LogP contribution >= 0.6 is 0 Å². The SMILES string of the molecule is CC1(C)CN(C(=O)c2cccc3cn[nH]c23)CC2(CNC2)O1. The number of hydrogen-bond acceptors (Lipinski definition) is 4. The number of aromatic amines is 1. The zero-order valence-electron chi connectivity index (χ0n) is 12.8. The summed E-state index contributed by atoms with van der Waals surface area (Å²) in [5.74, 6) is 0.0394. The quantitative estimate of drug-likeness (QED) is 0.829. The number of H-pyrrole nitrogens is 1. The Hall–Kier alpha value is -1.92. The van der Waals surface area contributed by atoms with Crippen LogP contribution in [0.15, 0.2) is 24.4 Å². The number of fused-ring (bicyclic) bond motifs is 1. The maximum absolute atomic E-state index is 13.0. The van der Waals surface area contributed by atoms with Crippen LogP contribution in [0.2, 0.25) is 0 Å². The second-order valence-electron chi connectivity index (χ2n) is 6.95. The van der Waals surface area contributed by atoms with Crippen LogP contribution in [0.25, 0.3) is 10.9 Å². The Balaban J connectivity index is 1.68. The van der Waals surface area contributed by atoms with Crippen LogP contribution in [0.3, 0.4) is 0 Å². The van der Waals surface area contributed by atoms with Crippen molar-refractivity contribution in [1.29, 1.82) is 0 Å². The highest BCUT2D eigenvalue weighted by Gasteiger charge is 2.49. The van der Waals surface area contributed by atoms with Crippen molar-refractivity contribution in [3.05, 3.63) is 30.0 Å². The standard InChI is InChI=1S/C16H20N4O2/c1-15(2)9-20(10-16(22-15)7-17-8-16)14(21)12-5-3-4-11-6-18-19-13(11)12/h3-6,17H,7-10H2,1-2H3,(H,18,19). The van der Waals surface area contributed by atoms with Crippen LogP contribution in [0.5, 0.6) is 0 Å². The number of amides is 1. The molecule has 2 saturated heterocycles. The second kappa shape index (κ2) is 4.54. The number of para-hydroxylation sites is 1. The lowest BCUT2D eigenvalue weighted by Gasteiger charge is -2.54. The molecule has 116 valence electrons. The molecular formula is C16H20N4O2. The summed E-state index contributed by atoms with van der Waals surface area (Å²) >= 11 is 0. The lowest BCUT2D eigenvalue weighted by molar-refractivity contribution is -0.206. The lowest BCUT2D eigenvalue weighted by atomic mass is 9.90. The highest BCUT2D eigenvalue weighted by molar-refractivity contribution is 6.05. The molecule has 0 saturated carbocycles. The Bertz CT molecular complexity index is 733. The molecular weight excluding hydrogens is 280 g/mol. The minimum atomic E-state index is -0.335. The van der Waals surface area contributed by atoms with Crippen LogP contribution in [0.1, 0.15) is 24.2 Å². The number of rotatable bonds is 1. The summed E-state index contributed by atoms with van der Waals surface area (Å²) in [4.78, 5) is 14.9. The molecule has 1 aromatic heterocycles. The summed E-state index contributed by atoms with van der Waals surface area (Å²) in [6.07, 6.45) is 1.74. The van der Waals surface area contributed by atoms with Crippen molar-refractivity contribution < 1.29 is 9.53 Å². The molecule has 4 rings (SSSR count). The van der Waals surface area contributed by atoms with Gasteiger partial charge in [0.05, 0.1) is 29.4 Å². The van der Waals surface area contributed by atoms with E-state index in [1.54, 1.807) is 6.20 Å². The largest absolute Gasteiger partial charge is 0.363 e. The molecule has 0 aliphatic carbocycles. The van der Waals surface area contributed by atoms with Gasteiger partial charge in [0.25, 0.3) is 5.91 Å². The zero-order chi connectivity index (χ0) is 15.4. The van der Waals surface area contributed by atoms with E-state index in [0.29, 0.717) is 18.7 Å². The second-order valence-corrected chi connectivity index (χ2v) is 6.95. The van der Waals surface area contributed by atoms with Gasteiger partial charge >= 0.3 is 0 Å². The van der Waals surface area contributed by atoms with Gasteiger partial charge in [-0.2, -0.15) is 5.10 Å². The number of morpholine rings is 1. The average molecular weight is 300 g/mol. The molecule has 0 bridgehead atoms. The van der Waals surface area contributed by atoms with Gasteiger partial charge in [-0.1, -0.05) is 12.1 Å². The first kappa shape index (κ1) is 13.7. The predicted molar refractivity (Wildman–Crippen MR) is 82.8 cm³/mol. The molecule has 2 N–H and O–H groups in total. The smallest absolute Gasteiger partial charge is 0.256 e. The molecule has 2 fully saturated rings. The van der Waals surface area contributed by atoms with E-state index in [-0.39, 0.29) is 17.1 Å². The van der Waals surface area contributed by atoms with E-state index >= 15 is 0 Å². The summed E-state index contributed by atoms with van der Waals surface area (Å²) in [5.41, 5.74) is 0.907. The van der Waals surface area contributed by atoms with E-state index in [9.17, 15) is 4.79 Å².